The smallest absolute Gasteiger partial charge is 0.240 e. The molecule has 2 heterocycles. The van der Waals surface area contributed by atoms with Gasteiger partial charge >= 0.3 is 0 Å². The van der Waals surface area contributed by atoms with Crippen molar-refractivity contribution in [1.29, 1.82) is 0 Å². The van der Waals surface area contributed by atoms with Crippen molar-refractivity contribution in [2.75, 3.05) is 38.2 Å². The predicted octanol–water partition coefficient (Wildman–Crippen LogP) is 4.75. The summed E-state index contributed by atoms with van der Waals surface area (Å²) in [6.07, 6.45) is 0. The van der Waals surface area contributed by atoms with Crippen LogP contribution < -0.4 is 14.4 Å². The molecular weight excluding hydrogens is 522 g/mol. The number of benzene rings is 2. The van der Waals surface area contributed by atoms with E-state index in [2.05, 4.69) is 48.7 Å². The Bertz CT molecular complexity index is 1130. The van der Waals surface area contributed by atoms with Gasteiger partial charge in [-0.3, -0.25) is 4.90 Å². The second kappa shape index (κ2) is 10.6. The van der Waals surface area contributed by atoms with E-state index in [4.69, 9.17) is 4.74 Å². The number of hydrogen-bond acceptors (Lipinski definition) is 6. The monoisotopic (exact) mass is 549 g/mol. The molecule has 33 heavy (non-hydrogen) atoms. The molecule has 1 aliphatic heterocycles. The highest BCUT2D eigenvalue weighted by molar-refractivity contribution is 9.10. The lowest BCUT2D eigenvalue weighted by atomic mass is 10.1. The lowest BCUT2D eigenvalue weighted by Gasteiger charge is -2.42. The molecule has 6 nitrogen and oxygen atoms in total. The predicted molar refractivity (Wildman–Crippen MR) is 138 cm³/mol. The van der Waals surface area contributed by atoms with Crippen LogP contribution in [0.25, 0.3) is 0 Å². The van der Waals surface area contributed by atoms with Gasteiger partial charge in [0.25, 0.3) is 0 Å². The maximum Gasteiger partial charge on any atom is 0.240 e. The van der Waals surface area contributed by atoms with E-state index in [-0.39, 0.29) is 17.0 Å². The molecular formula is C24H28BrN3O3S2. The first-order valence-electron chi connectivity index (χ1n) is 10.8. The third-order valence-corrected chi connectivity index (χ3v) is 8.96. The Kier molecular flexibility index (Phi) is 7.76. The van der Waals surface area contributed by atoms with Crippen molar-refractivity contribution in [2.24, 2.45) is 0 Å². The van der Waals surface area contributed by atoms with Crippen molar-refractivity contribution >= 4 is 43.0 Å². The molecule has 0 aliphatic carbocycles. The molecule has 0 radical (unpaired) electrons. The summed E-state index contributed by atoms with van der Waals surface area (Å²) in [5.41, 5.74) is 1.17. The van der Waals surface area contributed by atoms with Gasteiger partial charge in [-0.1, -0.05) is 22.0 Å². The van der Waals surface area contributed by atoms with Crippen LogP contribution in [0.4, 0.5) is 5.69 Å². The van der Waals surface area contributed by atoms with Gasteiger partial charge in [0, 0.05) is 47.3 Å². The molecule has 1 aliphatic rings. The molecule has 1 N–H and O–H groups in total. The van der Waals surface area contributed by atoms with E-state index in [1.165, 1.54) is 10.6 Å². The van der Waals surface area contributed by atoms with E-state index in [9.17, 15) is 8.42 Å². The minimum Gasteiger partial charge on any atom is -0.497 e. The number of methoxy groups -OCH3 is 1. The van der Waals surface area contributed by atoms with Gasteiger partial charge in [0.15, 0.2) is 0 Å². The fourth-order valence-electron chi connectivity index (χ4n) is 4.24. The lowest BCUT2D eigenvalue weighted by molar-refractivity contribution is 0.164. The van der Waals surface area contributed by atoms with Crippen LogP contribution in [0, 0.1) is 0 Å². The van der Waals surface area contributed by atoms with Crippen molar-refractivity contribution in [3.8, 4) is 5.75 Å². The van der Waals surface area contributed by atoms with Crippen LogP contribution in [0.2, 0.25) is 0 Å². The van der Waals surface area contributed by atoms with Gasteiger partial charge in [-0.25, -0.2) is 13.1 Å². The van der Waals surface area contributed by atoms with Gasteiger partial charge in [0.05, 0.1) is 18.0 Å². The summed E-state index contributed by atoms with van der Waals surface area (Å²) in [6.45, 7) is 5.40. The maximum atomic E-state index is 13.0. The topological polar surface area (TPSA) is 61.9 Å². The largest absolute Gasteiger partial charge is 0.497 e. The number of rotatable bonds is 8. The zero-order chi connectivity index (χ0) is 23.4. The number of anilines is 1. The minimum absolute atomic E-state index is 0.0340. The number of halogens is 1. The van der Waals surface area contributed by atoms with Gasteiger partial charge in [0.2, 0.25) is 10.0 Å². The SMILES string of the molecule is COc1ccc(N2CCN([C@@H](c3cccs3)[C@@H](C)NS(=O)(=O)c3ccc(Br)cc3)CC2)cc1. The highest BCUT2D eigenvalue weighted by Gasteiger charge is 2.32. The van der Waals surface area contributed by atoms with Crippen LogP contribution in [0.5, 0.6) is 5.75 Å². The second-order valence-corrected chi connectivity index (χ2v) is 11.7. The number of ether oxygens (including phenoxy) is 1. The Hall–Kier alpha value is -1.91. The van der Waals surface area contributed by atoms with Crippen molar-refractivity contribution in [3.63, 3.8) is 0 Å². The van der Waals surface area contributed by atoms with Crippen LogP contribution in [0.1, 0.15) is 17.8 Å². The zero-order valence-corrected chi connectivity index (χ0v) is 21.9. The van der Waals surface area contributed by atoms with E-state index in [0.29, 0.717) is 0 Å². The number of hydrogen-bond donors (Lipinski definition) is 1. The summed E-state index contributed by atoms with van der Waals surface area (Å²) in [6, 6.07) is 18.7. The van der Waals surface area contributed by atoms with E-state index >= 15 is 0 Å². The lowest BCUT2D eigenvalue weighted by Crippen LogP contribution is -2.52. The summed E-state index contributed by atoms with van der Waals surface area (Å²) in [4.78, 5) is 6.18. The normalized spacial score (nSPS) is 17.0. The molecule has 4 rings (SSSR count). The molecule has 0 bridgehead atoms. The molecule has 176 valence electrons. The first kappa shape index (κ1) is 24.2. The first-order chi connectivity index (χ1) is 15.9. The Morgan fingerprint density at radius 1 is 1.00 bits per heavy atom. The zero-order valence-electron chi connectivity index (χ0n) is 18.6. The number of sulfonamides is 1. The Balaban J connectivity index is 1.48. The molecule has 0 saturated carbocycles. The molecule has 0 unspecified atom stereocenters. The molecule has 1 fully saturated rings. The van der Waals surface area contributed by atoms with Crippen molar-refractivity contribution in [3.05, 3.63) is 75.4 Å². The molecule has 9 heteroatoms. The van der Waals surface area contributed by atoms with E-state index in [0.717, 1.165) is 36.4 Å². The summed E-state index contributed by atoms with van der Waals surface area (Å²) >= 11 is 5.03. The van der Waals surface area contributed by atoms with Gasteiger partial charge in [-0.2, -0.15) is 0 Å². The number of thiophene rings is 1. The average molecular weight is 551 g/mol. The number of nitrogens with one attached hydrogen (secondary N) is 1. The molecule has 2 atom stereocenters. The molecule has 3 aromatic rings. The van der Waals surface area contributed by atoms with Crippen LogP contribution in [0.15, 0.2) is 75.4 Å². The third kappa shape index (κ3) is 5.78. The van der Waals surface area contributed by atoms with Crippen molar-refractivity contribution in [2.45, 2.75) is 23.9 Å². The standard InChI is InChI=1S/C24H28BrN3O3S2/c1-18(26-33(29,30)22-11-5-19(25)6-12-22)24(23-4-3-17-32-23)28-15-13-27(14-16-28)20-7-9-21(31-2)10-8-20/h3-12,17-18,24,26H,13-16H2,1-2H3/t18-,24-/m1/s1. The van der Waals surface area contributed by atoms with Gasteiger partial charge in [-0.05, 0) is 66.9 Å². The molecule has 1 aromatic heterocycles. The van der Waals surface area contributed by atoms with E-state index < -0.39 is 10.0 Å². The van der Waals surface area contributed by atoms with Crippen LogP contribution in [0.3, 0.4) is 0 Å². The van der Waals surface area contributed by atoms with Crippen molar-refractivity contribution in [1.82, 2.24) is 9.62 Å². The Morgan fingerprint density at radius 2 is 1.67 bits per heavy atom. The Labute approximate surface area is 208 Å². The van der Waals surface area contributed by atoms with Gasteiger partial charge in [-0.15, -0.1) is 11.3 Å². The summed E-state index contributed by atoms with van der Waals surface area (Å²) in [7, 11) is -1.96. The van der Waals surface area contributed by atoms with Crippen molar-refractivity contribution < 1.29 is 13.2 Å². The fraction of sp³-hybridized carbons (Fsp3) is 0.333. The van der Waals surface area contributed by atoms with Crippen LogP contribution in [-0.4, -0.2) is 52.6 Å². The quantitative estimate of drug-likeness (QED) is 0.439. The highest BCUT2D eigenvalue weighted by atomic mass is 79.9. The van der Waals surface area contributed by atoms with Crippen LogP contribution >= 0.6 is 27.3 Å². The second-order valence-electron chi connectivity index (χ2n) is 8.05. The van der Waals surface area contributed by atoms with E-state index in [1.807, 2.05) is 30.5 Å². The first-order valence-corrected chi connectivity index (χ1v) is 14.0. The molecule has 0 amide bonds. The fourth-order valence-corrected chi connectivity index (χ4v) is 6.72. The van der Waals surface area contributed by atoms with Gasteiger partial charge in [0.1, 0.15) is 5.75 Å². The summed E-state index contributed by atoms with van der Waals surface area (Å²) in [5.74, 6) is 0.849. The molecule has 1 saturated heterocycles. The average Bonchev–Trinajstić information content (AvgIpc) is 3.34. The molecule has 2 aromatic carbocycles. The van der Waals surface area contributed by atoms with E-state index in [1.54, 1.807) is 42.7 Å². The number of nitrogens with zero attached hydrogens (tertiary/aromatic N) is 2. The molecule has 0 spiro atoms. The third-order valence-electron chi connectivity index (χ3n) is 5.92. The Morgan fingerprint density at radius 3 is 2.24 bits per heavy atom. The van der Waals surface area contributed by atoms with Crippen LogP contribution in [-0.2, 0) is 10.0 Å². The summed E-state index contributed by atoms with van der Waals surface area (Å²) < 4.78 is 35.1. The number of piperazine rings is 1. The highest BCUT2D eigenvalue weighted by Crippen LogP contribution is 2.31. The maximum absolute atomic E-state index is 13.0. The van der Waals surface area contributed by atoms with Gasteiger partial charge < -0.3 is 9.64 Å². The minimum atomic E-state index is -3.63. The summed E-state index contributed by atoms with van der Waals surface area (Å²) in [5, 5.41) is 2.05.